The van der Waals surface area contributed by atoms with Gasteiger partial charge >= 0.3 is 0 Å². The third-order valence-corrected chi connectivity index (χ3v) is 7.94. The lowest BCUT2D eigenvalue weighted by Crippen LogP contribution is -2.39. The molecule has 41 heavy (non-hydrogen) atoms. The lowest BCUT2D eigenvalue weighted by molar-refractivity contribution is 0.0388. The fraction of sp³-hybridized carbons (Fsp3) is 0.400. The zero-order valence-electron chi connectivity index (χ0n) is 23.6. The van der Waals surface area contributed by atoms with Crippen molar-refractivity contribution in [3.63, 3.8) is 0 Å². The average molecular weight is 556 g/mol. The van der Waals surface area contributed by atoms with E-state index in [9.17, 15) is 4.79 Å². The third kappa shape index (κ3) is 5.18. The number of rotatable bonds is 7. The number of nitrogens with one attached hydrogen (secondary N) is 3. The molecule has 11 heteroatoms. The van der Waals surface area contributed by atoms with Crippen molar-refractivity contribution in [3.05, 3.63) is 54.1 Å². The molecule has 3 aromatic heterocycles. The van der Waals surface area contributed by atoms with Gasteiger partial charge in [0.25, 0.3) is 5.91 Å². The standard InChI is InChI=1S/C30H37N9O2/c1-19(2)39-22-4-3-10-38-23-17-21(30(40)36-25(31)7-8-33-9-11-37-12-14-41-15-13-37)6-5-20(23)16-24(38)26(22)27-28(32)34-18-35-29(27)39/h5-8,16-19,33H,3-4,9-15H2,1-2H3,(H2,31,36,40)(H2,32,34,35)/b8-7-. The fourth-order valence-corrected chi connectivity index (χ4v) is 6.04. The normalized spacial score (nSPS) is 15.8. The first-order valence-electron chi connectivity index (χ1n) is 14.3. The summed E-state index contributed by atoms with van der Waals surface area (Å²) in [4.78, 5) is 24.3. The molecule has 2 aliphatic rings. The minimum absolute atomic E-state index is 0.0320. The van der Waals surface area contributed by atoms with E-state index in [2.05, 4.69) is 54.5 Å². The summed E-state index contributed by atoms with van der Waals surface area (Å²) >= 11 is 0. The molecule has 0 saturated carbocycles. The lowest BCUT2D eigenvalue weighted by Gasteiger charge is -2.26. The smallest absolute Gasteiger partial charge is 0.256 e. The number of fused-ring (bicyclic) bond motifs is 7. The van der Waals surface area contributed by atoms with Crippen LogP contribution in [0.5, 0.6) is 0 Å². The summed E-state index contributed by atoms with van der Waals surface area (Å²) < 4.78 is 9.93. The molecule has 214 valence electrons. The number of nitrogen functional groups attached to an aromatic ring is 1. The van der Waals surface area contributed by atoms with Crippen molar-refractivity contribution in [2.24, 2.45) is 0 Å². The highest BCUT2D eigenvalue weighted by Crippen LogP contribution is 2.42. The van der Waals surface area contributed by atoms with E-state index in [4.69, 9.17) is 15.9 Å². The number of amidine groups is 1. The number of morpholine rings is 1. The number of carbonyl (C=O) groups is 1. The first-order chi connectivity index (χ1) is 19.9. The highest BCUT2D eigenvalue weighted by molar-refractivity contribution is 6.10. The molecule has 5 heterocycles. The largest absolute Gasteiger partial charge is 0.389 e. The van der Waals surface area contributed by atoms with E-state index >= 15 is 0 Å². The van der Waals surface area contributed by atoms with Crippen LogP contribution in [-0.2, 0) is 17.7 Å². The Hall–Kier alpha value is -4.22. The van der Waals surface area contributed by atoms with Crippen molar-refractivity contribution in [3.8, 4) is 11.3 Å². The number of aryl methyl sites for hydroxylation is 1. The molecule has 0 unspecified atom stereocenters. The molecule has 1 aromatic carbocycles. The van der Waals surface area contributed by atoms with Gasteiger partial charge < -0.3 is 30.2 Å². The Morgan fingerprint density at radius 1 is 1.20 bits per heavy atom. The van der Waals surface area contributed by atoms with Crippen LogP contribution in [0.2, 0.25) is 0 Å². The van der Waals surface area contributed by atoms with Gasteiger partial charge in [-0.15, -0.1) is 0 Å². The van der Waals surface area contributed by atoms with Gasteiger partial charge in [-0.1, -0.05) is 6.07 Å². The van der Waals surface area contributed by atoms with Crippen molar-refractivity contribution < 1.29 is 9.53 Å². The van der Waals surface area contributed by atoms with Crippen molar-refractivity contribution >= 4 is 39.5 Å². The number of nitrogens with two attached hydrogens (primary N) is 1. The molecule has 0 radical (unpaired) electrons. The molecule has 1 saturated heterocycles. The van der Waals surface area contributed by atoms with Gasteiger partial charge in [0.15, 0.2) is 0 Å². The maximum atomic E-state index is 13.1. The topological polar surface area (TPSA) is 139 Å². The molecule has 0 atom stereocenters. The molecule has 0 spiro atoms. The quantitative estimate of drug-likeness (QED) is 0.156. The number of carbonyl (C=O) groups excluding carboxylic acids is 1. The molecule has 5 N–H and O–H groups in total. The number of amides is 1. The number of aromatic nitrogens is 4. The van der Waals surface area contributed by atoms with Crippen molar-refractivity contribution in [2.75, 3.05) is 45.1 Å². The van der Waals surface area contributed by atoms with Crippen LogP contribution in [0.1, 0.15) is 42.4 Å². The molecular formula is C30H37N9O2. The van der Waals surface area contributed by atoms with Crippen molar-refractivity contribution in [2.45, 2.75) is 39.3 Å². The van der Waals surface area contributed by atoms with E-state index in [-0.39, 0.29) is 17.8 Å². The van der Waals surface area contributed by atoms with Crippen LogP contribution < -0.4 is 16.4 Å². The van der Waals surface area contributed by atoms with Gasteiger partial charge in [-0.3, -0.25) is 15.1 Å². The number of ether oxygens (including phenoxy) is 1. The van der Waals surface area contributed by atoms with Crippen LogP contribution in [0.3, 0.4) is 0 Å². The van der Waals surface area contributed by atoms with E-state index in [1.807, 2.05) is 18.2 Å². The molecule has 0 aliphatic carbocycles. The van der Waals surface area contributed by atoms with Gasteiger partial charge in [-0.25, -0.2) is 9.97 Å². The first-order valence-corrected chi connectivity index (χ1v) is 14.3. The fourth-order valence-electron chi connectivity index (χ4n) is 6.04. The van der Waals surface area contributed by atoms with E-state index in [1.54, 1.807) is 12.3 Å². The average Bonchev–Trinajstić information content (AvgIpc) is 3.43. The Morgan fingerprint density at radius 3 is 2.83 bits per heavy atom. The maximum Gasteiger partial charge on any atom is 0.256 e. The Kier molecular flexibility index (Phi) is 7.46. The van der Waals surface area contributed by atoms with E-state index in [1.165, 1.54) is 12.0 Å². The highest BCUT2D eigenvalue weighted by atomic mass is 16.5. The van der Waals surface area contributed by atoms with E-state index < -0.39 is 0 Å². The third-order valence-electron chi connectivity index (χ3n) is 7.94. The molecule has 0 bridgehead atoms. The SMILES string of the molecule is CC(C)n1c2c(c3c(N)ncnc31)-c1cc3ccc(C(=O)NC(=N)/C=C\NCCN4CCOCC4)cc3n1CCC2. The summed E-state index contributed by atoms with van der Waals surface area (Å²) in [5, 5.41) is 16.0. The van der Waals surface area contributed by atoms with Crippen LogP contribution in [0.4, 0.5) is 5.82 Å². The minimum atomic E-state index is -0.311. The summed E-state index contributed by atoms with van der Waals surface area (Å²) in [6.07, 6.45) is 6.66. The molecule has 11 nitrogen and oxygen atoms in total. The summed E-state index contributed by atoms with van der Waals surface area (Å²) in [5.41, 5.74) is 12.1. The minimum Gasteiger partial charge on any atom is -0.389 e. The van der Waals surface area contributed by atoms with E-state index in [0.717, 1.165) is 92.0 Å². The van der Waals surface area contributed by atoms with Gasteiger partial charge in [0.2, 0.25) is 0 Å². The summed E-state index contributed by atoms with van der Waals surface area (Å²) in [6, 6.07) is 8.10. The van der Waals surface area contributed by atoms with Crippen LogP contribution in [0, 0.1) is 5.41 Å². The predicted octanol–water partition coefficient (Wildman–Crippen LogP) is 3.30. The molecule has 6 rings (SSSR count). The maximum absolute atomic E-state index is 13.1. The Bertz CT molecular complexity index is 1640. The molecule has 1 amide bonds. The Labute approximate surface area is 238 Å². The van der Waals surface area contributed by atoms with Crippen LogP contribution in [0.25, 0.3) is 33.2 Å². The Morgan fingerprint density at radius 2 is 2.02 bits per heavy atom. The molecule has 1 fully saturated rings. The molecule has 4 aromatic rings. The zero-order chi connectivity index (χ0) is 28.5. The van der Waals surface area contributed by atoms with Gasteiger partial charge in [-0.05, 0) is 51.0 Å². The van der Waals surface area contributed by atoms with Crippen LogP contribution in [-0.4, -0.2) is 75.1 Å². The number of nitrogens with zero attached hydrogens (tertiary/aromatic N) is 5. The lowest BCUT2D eigenvalue weighted by atomic mass is 10.1. The number of hydrogen-bond acceptors (Lipinski definition) is 8. The van der Waals surface area contributed by atoms with Gasteiger partial charge in [-0.2, -0.15) is 0 Å². The Balaban J connectivity index is 1.22. The summed E-state index contributed by atoms with van der Waals surface area (Å²) in [5.74, 6) is 0.199. The van der Waals surface area contributed by atoms with Crippen molar-refractivity contribution in [1.82, 2.24) is 34.6 Å². The second-order valence-corrected chi connectivity index (χ2v) is 10.9. The number of hydrogen-bond donors (Lipinski definition) is 4. The van der Waals surface area contributed by atoms with Gasteiger partial charge in [0.1, 0.15) is 23.6 Å². The number of benzene rings is 1. The second-order valence-electron chi connectivity index (χ2n) is 10.9. The summed E-state index contributed by atoms with van der Waals surface area (Å²) in [6.45, 7) is 10.3. The molecule has 2 aliphatic heterocycles. The first kappa shape index (κ1) is 27.0. The monoisotopic (exact) mass is 555 g/mol. The van der Waals surface area contributed by atoms with Crippen LogP contribution in [0.15, 0.2) is 42.9 Å². The van der Waals surface area contributed by atoms with Crippen molar-refractivity contribution in [1.29, 1.82) is 5.41 Å². The predicted molar refractivity (Wildman–Crippen MR) is 161 cm³/mol. The van der Waals surface area contributed by atoms with Gasteiger partial charge in [0, 0.05) is 72.7 Å². The van der Waals surface area contributed by atoms with Crippen LogP contribution >= 0.6 is 0 Å². The highest BCUT2D eigenvalue weighted by Gasteiger charge is 2.28. The molecular weight excluding hydrogens is 518 g/mol. The van der Waals surface area contributed by atoms with E-state index in [0.29, 0.717) is 11.4 Å². The number of anilines is 1. The summed E-state index contributed by atoms with van der Waals surface area (Å²) in [7, 11) is 0. The van der Waals surface area contributed by atoms with Gasteiger partial charge in [0.05, 0.1) is 24.3 Å². The second kappa shape index (κ2) is 11.3. The zero-order valence-corrected chi connectivity index (χ0v) is 23.6.